The zero-order chi connectivity index (χ0) is 15.1. The number of anilines is 1. The molecule has 5 nitrogen and oxygen atoms in total. The van der Waals surface area contributed by atoms with E-state index in [1.807, 2.05) is 0 Å². The maximum atomic E-state index is 13.7. The van der Waals surface area contributed by atoms with Gasteiger partial charge in [0.25, 0.3) is 0 Å². The van der Waals surface area contributed by atoms with Gasteiger partial charge in [-0.25, -0.2) is 4.39 Å². The second kappa shape index (κ2) is 4.86. The average Bonchev–Trinajstić information content (AvgIpc) is 3.18. The van der Waals surface area contributed by atoms with Crippen LogP contribution in [0.25, 0.3) is 0 Å². The number of hydrogen-bond donors (Lipinski definition) is 3. The minimum atomic E-state index is -0.994. The minimum absolute atomic E-state index is 0.00791. The molecule has 108 valence electrons. The Balaban J connectivity index is 2.28. The molecule has 6 heteroatoms. The fourth-order valence-electron chi connectivity index (χ4n) is 2.08. The Bertz CT molecular complexity index is 580. The first-order chi connectivity index (χ1) is 9.23. The Morgan fingerprint density at radius 1 is 1.40 bits per heavy atom. The molecule has 1 atom stereocenters. The van der Waals surface area contributed by atoms with Crippen LogP contribution in [-0.4, -0.2) is 17.4 Å². The SMILES string of the molecule is Cc1c(F)cc(C(N)=O)cc1NC(=O)C(C)(N)C1CC1. The molecule has 0 aromatic heterocycles. The Kier molecular flexibility index (Phi) is 3.52. The summed E-state index contributed by atoms with van der Waals surface area (Å²) in [5.74, 6) is -1.59. The molecule has 1 fully saturated rings. The molecular weight excluding hydrogens is 261 g/mol. The number of carbonyl (C=O) groups is 2. The topological polar surface area (TPSA) is 98.2 Å². The maximum absolute atomic E-state index is 13.7. The van der Waals surface area contributed by atoms with Crippen LogP contribution < -0.4 is 16.8 Å². The van der Waals surface area contributed by atoms with E-state index in [-0.39, 0.29) is 28.6 Å². The first kappa shape index (κ1) is 14.5. The molecule has 0 aliphatic heterocycles. The van der Waals surface area contributed by atoms with Gasteiger partial charge >= 0.3 is 0 Å². The number of halogens is 1. The monoisotopic (exact) mass is 279 g/mol. The highest BCUT2D eigenvalue weighted by atomic mass is 19.1. The first-order valence-corrected chi connectivity index (χ1v) is 6.43. The van der Waals surface area contributed by atoms with Gasteiger partial charge in [0.15, 0.2) is 0 Å². The zero-order valence-electron chi connectivity index (χ0n) is 11.5. The number of nitrogens with two attached hydrogens (primary N) is 2. The van der Waals surface area contributed by atoms with Crippen LogP contribution >= 0.6 is 0 Å². The quantitative estimate of drug-likeness (QED) is 0.774. The second-order valence-electron chi connectivity index (χ2n) is 5.51. The van der Waals surface area contributed by atoms with Crippen LogP contribution in [0.15, 0.2) is 12.1 Å². The minimum Gasteiger partial charge on any atom is -0.366 e. The summed E-state index contributed by atoms with van der Waals surface area (Å²) in [7, 11) is 0. The lowest BCUT2D eigenvalue weighted by Crippen LogP contribution is -2.50. The van der Waals surface area contributed by atoms with Crippen molar-refractivity contribution in [3.63, 3.8) is 0 Å². The third-order valence-corrected chi connectivity index (χ3v) is 3.79. The number of carbonyl (C=O) groups excluding carboxylic acids is 2. The van der Waals surface area contributed by atoms with E-state index in [1.165, 1.54) is 13.0 Å². The fraction of sp³-hybridized carbons (Fsp3) is 0.429. The van der Waals surface area contributed by atoms with Crippen molar-refractivity contribution in [2.75, 3.05) is 5.32 Å². The number of primary amides is 1. The van der Waals surface area contributed by atoms with Crippen molar-refractivity contribution >= 4 is 17.5 Å². The van der Waals surface area contributed by atoms with E-state index in [2.05, 4.69) is 5.32 Å². The van der Waals surface area contributed by atoms with Crippen molar-refractivity contribution in [3.05, 3.63) is 29.1 Å². The predicted molar refractivity (Wildman–Crippen MR) is 73.6 cm³/mol. The van der Waals surface area contributed by atoms with Crippen molar-refractivity contribution in [2.45, 2.75) is 32.2 Å². The van der Waals surface area contributed by atoms with E-state index in [0.717, 1.165) is 18.9 Å². The van der Waals surface area contributed by atoms with Gasteiger partial charge in [-0.3, -0.25) is 9.59 Å². The summed E-state index contributed by atoms with van der Waals surface area (Å²) in [4.78, 5) is 23.3. The summed E-state index contributed by atoms with van der Waals surface area (Å²) in [6, 6.07) is 2.41. The van der Waals surface area contributed by atoms with Crippen molar-refractivity contribution in [3.8, 4) is 0 Å². The molecule has 1 aliphatic rings. The molecule has 0 bridgehead atoms. The lowest BCUT2D eigenvalue weighted by Gasteiger charge is -2.24. The average molecular weight is 279 g/mol. The third-order valence-electron chi connectivity index (χ3n) is 3.79. The van der Waals surface area contributed by atoms with Crippen LogP contribution in [0.1, 0.15) is 35.7 Å². The summed E-state index contributed by atoms with van der Waals surface area (Å²) in [6.07, 6.45) is 1.82. The molecule has 1 saturated carbocycles. The highest BCUT2D eigenvalue weighted by Crippen LogP contribution is 2.38. The Labute approximate surface area is 116 Å². The molecule has 1 aromatic carbocycles. The number of rotatable bonds is 4. The molecule has 0 spiro atoms. The normalized spacial score (nSPS) is 17.4. The fourth-order valence-corrected chi connectivity index (χ4v) is 2.08. The van der Waals surface area contributed by atoms with Crippen molar-refractivity contribution in [1.82, 2.24) is 0 Å². The van der Waals surface area contributed by atoms with Gasteiger partial charge in [-0.05, 0) is 44.7 Å². The summed E-state index contributed by atoms with van der Waals surface area (Å²) < 4.78 is 13.7. The van der Waals surface area contributed by atoms with Gasteiger partial charge in [-0.1, -0.05) is 0 Å². The standard InChI is InChI=1S/C14H18FN3O2/c1-7-10(15)5-8(12(16)19)6-11(7)18-13(20)14(2,17)9-3-4-9/h5-6,9H,3-4,17H2,1-2H3,(H2,16,19)(H,18,20). The lowest BCUT2D eigenvalue weighted by molar-refractivity contribution is -0.121. The van der Waals surface area contributed by atoms with Crippen LogP contribution in [0.3, 0.4) is 0 Å². The summed E-state index contributed by atoms with van der Waals surface area (Å²) >= 11 is 0. The molecular formula is C14H18FN3O2. The van der Waals surface area contributed by atoms with Crippen LogP contribution in [0.2, 0.25) is 0 Å². The molecule has 1 aliphatic carbocycles. The van der Waals surface area contributed by atoms with E-state index in [1.54, 1.807) is 6.92 Å². The molecule has 2 rings (SSSR count). The van der Waals surface area contributed by atoms with E-state index >= 15 is 0 Å². The van der Waals surface area contributed by atoms with Crippen molar-refractivity contribution in [2.24, 2.45) is 17.4 Å². The molecule has 0 radical (unpaired) electrons. The van der Waals surface area contributed by atoms with E-state index in [0.29, 0.717) is 0 Å². The molecule has 0 heterocycles. The second-order valence-corrected chi connectivity index (χ2v) is 5.51. The summed E-state index contributed by atoms with van der Waals surface area (Å²) in [5.41, 5.74) is 10.6. The molecule has 1 aromatic rings. The zero-order valence-corrected chi connectivity index (χ0v) is 11.5. The number of hydrogen-bond acceptors (Lipinski definition) is 3. The highest BCUT2D eigenvalue weighted by molar-refractivity contribution is 6.00. The smallest absolute Gasteiger partial charge is 0.248 e. The lowest BCUT2D eigenvalue weighted by atomic mass is 9.95. The van der Waals surface area contributed by atoms with Gasteiger partial charge in [0, 0.05) is 16.8 Å². The van der Waals surface area contributed by atoms with Gasteiger partial charge in [0.05, 0.1) is 5.54 Å². The van der Waals surface area contributed by atoms with Crippen LogP contribution in [0, 0.1) is 18.7 Å². The Hall–Kier alpha value is -1.95. The van der Waals surface area contributed by atoms with Crippen molar-refractivity contribution in [1.29, 1.82) is 0 Å². The first-order valence-electron chi connectivity index (χ1n) is 6.43. The predicted octanol–water partition coefficient (Wildman–Crippen LogP) is 1.30. The van der Waals surface area contributed by atoms with Gasteiger partial charge in [0.1, 0.15) is 5.82 Å². The van der Waals surface area contributed by atoms with E-state index < -0.39 is 17.3 Å². The van der Waals surface area contributed by atoms with Crippen LogP contribution in [0.4, 0.5) is 10.1 Å². The number of nitrogens with one attached hydrogen (secondary N) is 1. The van der Waals surface area contributed by atoms with Gasteiger partial charge < -0.3 is 16.8 Å². The maximum Gasteiger partial charge on any atom is 0.248 e. The van der Waals surface area contributed by atoms with Crippen LogP contribution in [0.5, 0.6) is 0 Å². The van der Waals surface area contributed by atoms with E-state index in [4.69, 9.17) is 11.5 Å². The summed E-state index contributed by atoms with van der Waals surface area (Å²) in [5, 5.41) is 2.60. The number of benzene rings is 1. The largest absolute Gasteiger partial charge is 0.366 e. The molecule has 20 heavy (non-hydrogen) atoms. The van der Waals surface area contributed by atoms with Crippen LogP contribution in [-0.2, 0) is 4.79 Å². The van der Waals surface area contributed by atoms with Gasteiger partial charge in [-0.2, -0.15) is 0 Å². The summed E-state index contributed by atoms with van der Waals surface area (Å²) in [6.45, 7) is 3.17. The van der Waals surface area contributed by atoms with Gasteiger partial charge in [-0.15, -0.1) is 0 Å². The molecule has 0 saturated heterocycles. The molecule has 1 unspecified atom stereocenters. The molecule has 5 N–H and O–H groups in total. The Morgan fingerprint density at radius 2 is 2.00 bits per heavy atom. The van der Waals surface area contributed by atoms with Gasteiger partial charge in [0.2, 0.25) is 11.8 Å². The van der Waals surface area contributed by atoms with E-state index in [9.17, 15) is 14.0 Å². The third kappa shape index (κ3) is 2.65. The molecule has 2 amide bonds. The van der Waals surface area contributed by atoms with Crippen molar-refractivity contribution < 1.29 is 14.0 Å². The number of amides is 2. The highest BCUT2D eigenvalue weighted by Gasteiger charge is 2.44. The Morgan fingerprint density at radius 3 is 2.50 bits per heavy atom.